The third-order valence-corrected chi connectivity index (χ3v) is 3.72. The topological polar surface area (TPSA) is 91.1 Å². The van der Waals surface area contributed by atoms with E-state index in [1.165, 1.54) is 37.5 Å². The summed E-state index contributed by atoms with van der Waals surface area (Å²) in [4.78, 5) is 7.01. The Hall–Kier alpha value is -2.60. The minimum absolute atomic E-state index is 0.0604. The van der Waals surface area contributed by atoms with E-state index in [-0.39, 0.29) is 17.3 Å². The van der Waals surface area contributed by atoms with Gasteiger partial charge in [0.15, 0.2) is 0 Å². The van der Waals surface area contributed by atoms with Crippen molar-refractivity contribution in [1.29, 1.82) is 0 Å². The van der Waals surface area contributed by atoms with Crippen LogP contribution in [0.15, 0.2) is 48.1 Å². The fourth-order valence-corrected chi connectivity index (χ4v) is 2.27. The predicted molar refractivity (Wildman–Crippen MR) is 89.3 cm³/mol. The molecule has 0 radical (unpaired) electrons. The fourth-order valence-electron chi connectivity index (χ4n) is 2.09. The molecule has 0 saturated heterocycles. The van der Waals surface area contributed by atoms with E-state index in [1.807, 2.05) is 0 Å². The smallest absolute Gasteiger partial charge is 0.145 e. The van der Waals surface area contributed by atoms with Crippen LogP contribution in [0.4, 0.5) is 4.39 Å². The minimum Gasteiger partial charge on any atom is -0.494 e. The van der Waals surface area contributed by atoms with Crippen LogP contribution in [0.5, 0.6) is 5.75 Å². The number of pyridine rings is 1. The summed E-state index contributed by atoms with van der Waals surface area (Å²) in [6.45, 7) is 3.29. The molecule has 1 aromatic heterocycles. The Bertz CT molecular complexity index is 824. The van der Waals surface area contributed by atoms with Crippen LogP contribution in [0.25, 0.3) is 21.7 Å². The van der Waals surface area contributed by atoms with Gasteiger partial charge >= 0.3 is 0 Å². The number of hydrogen-bond donors (Lipinski definition) is 1. The Morgan fingerprint density at radius 1 is 1.50 bits per heavy atom. The molecule has 0 saturated carbocycles. The van der Waals surface area contributed by atoms with Gasteiger partial charge in [0.05, 0.1) is 24.4 Å². The number of halogens is 2. The Morgan fingerprint density at radius 3 is 2.83 bits per heavy atom. The SMILES string of the molecule is C=CC(O)(CN=[N+]=[N-])c1ccc(OC)c(-c2ccc(F)c(Cl)c2)n1. The van der Waals surface area contributed by atoms with E-state index in [1.54, 1.807) is 6.07 Å². The molecule has 0 fully saturated rings. The number of aliphatic hydroxyl groups is 1. The van der Waals surface area contributed by atoms with Gasteiger partial charge in [-0.1, -0.05) is 29.4 Å². The maximum absolute atomic E-state index is 13.4. The minimum atomic E-state index is -1.64. The van der Waals surface area contributed by atoms with Gasteiger partial charge in [0, 0.05) is 10.5 Å². The average Bonchev–Trinajstić information content (AvgIpc) is 2.61. The van der Waals surface area contributed by atoms with Crippen LogP contribution in [0.1, 0.15) is 5.69 Å². The molecule has 24 heavy (non-hydrogen) atoms. The van der Waals surface area contributed by atoms with E-state index in [0.29, 0.717) is 17.0 Å². The van der Waals surface area contributed by atoms with Crippen LogP contribution in [-0.4, -0.2) is 23.7 Å². The standard InChI is InChI=1S/C16H14ClFN4O2/c1-3-16(23,9-20-22-19)14-7-6-13(24-2)15(21-14)10-4-5-12(18)11(17)8-10/h3-8,23H,1,9H2,2H3. The van der Waals surface area contributed by atoms with Gasteiger partial charge in [-0.2, -0.15) is 0 Å². The first-order valence-corrected chi connectivity index (χ1v) is 7.20. The third kappa shape index (κ3) is 3.49. The lowest BCUT2D eigenvalue weighted by Crippen LogP contribution is -2.27. The summed E-state index contributed by atoms with van der Waals surface area (Å²) in [6.07, 6.45) is 1.23. The van der Waals surface area contributed by atoms with Crippen molar-refractivity contribution in [1.82, 2.24) is 4.98 Å². The first-order chi connectivity index (χ1) is 11.4. The quantitative estimate of drug-likeness (QED) is 0.366. The van der Waals surface area contributed by atoms with Crippen LogP contribution in [-0.2, 0) is 5.60 Å². The molecule has 6 nitrogen and oxygen atoms in total. The van der Waals surface area contributed by atoms with Crippen molar-refractivity contribution in [2.24, 2.45) is 5.11 Å². The highest BCUT2D eigenvalue weighted by Gasteiger charge is 2.27. The van der Waals surface area contributed by atoms with E-state index in [2.05, 4.69) is 21.6 Å². The number of methoxy groups -OCH3 is 1. The molecule has 0 aliphatic heterocycles. The molecular formula is C16H14ClFN4O2. The van der Waals surface area contributed by atoms with Crippen molar-refractivity contribution < 1.29 is 14.2 Å². The number of nitrogens with zero attached hydrogens (tertiary/aromatic N) is 4. The van der Waals surface area contributed by atoms with Crippen molar-refractivity contribution in [3.05, 3.63) is 70.0 Å². The predicted octanol–water partition coefficient (Wildman–Crippen LogP) is 4.23. The highest BCUT2D eigenvalue weighted by atomic mass is 35.5. The molecule has 124 valence electrons. The zero-order valence-electron chi connectivity index (χ0n) is 12.8. The van der Waals surface area contributed by atoms with Gasteiger partial charge in [0.25, 0.3) is 0 Å². The van der Waals surface area contributed by atoms with Crippen molar-refractivity contribution in [2.75, 3.05) is 13.7 Å². The lowest BCUT2D eigenvalue weighted by Gasteiger charge is -2.22. The van der Waals surface area contributed by atoms with Crippen LogP contribution >= 0.6 is 11.6 Å². The number of hydrogen-bond acceptors (Lipinski definition) is 4. The third-order valence-electron chi connectivity index (χ3n) is 3.43. The van der Waals surface area contributed by atoms with Crippen molar-refractivity contribution in [3.8, 4) is 17.0 Å². The van der Waals surface area contributed by atoms with Crippen LogP contribution in [0.3, 0.4) is 0 Å². The summed E-state index contributed by atoms with van der Waals surface area (Å²) in [6, 6.07) is 7.24. The number of aromatic nitrogens is 1. The second kappa shape index (κ2) is 7.31. The summed E-state index contributed by atoms with van der Waals surface area (Å²) in [5.41, 5.74) is 7.90. The van der Waals surface area contributed by atoms with Crippen LogP contribution in [0.2, 0.25) is 5.02 Å². The summed E-state index contributed by atoms with van der Waals surface area (Å²) >= 11 is 5.82. The van der Waals surface area contributed by atoms with Crippen LogP contribution < -0.4 is 4.74 Å². The molecule has 0 spiro atoms. The zero-order valence-corrected chi connectivity index (χ0v) is 13.5. The Morgan fingerprint density at radius 2 is 2.25 bits per heavy atom. The highest BCUT2D eigenvalue weighted by molar-refractivity contribution is 6.31. The van der Waals surface area contributed by atoms with Gasteiger partial charge in [-0.05, 0) is 35.9 Å². The van der Waals surface area contributed by atoms with Gasteiger partial charge in [-0.25, -0.2) is 9.37 Å². The number of azide groups is 1. The molecule has 0 aliphatic carbocycles. The molecule has 0 amide bonds. The number of rotatable bonds is 6. The Balaban J connectivity index is 2.60. The Labute approximate surface area is 142 Å². The molecule has 1 unspecified atom stereocenters. The summed E-state index contributed by atoms with van der Waals surface area (Å²) < 4.78 is 18.6. The maximum atomic E-state index is 13.4. The first kappa shape index (κ1) is 17.7. The van der Waals surface area contributed by atoms with Gasteiger partial charge in [0.1, 0.15) is 22.9 Å². The highest BCUT2D eigenvalue weighted by Crippen LogP contribution is 2.33. The molecule has 0 aliphatic rings. The summed E-state index contributed by atoms with van der Waals surface area (Å²) in [7, 11) is 1.46. The molecule has 2 rings (SSSR count). The van der Waals surface area contributed by atoms with E-state index >= 15 is 0 Å². The van der Waals surface area contributed by atoms with Crippen molar-refractivity contribution in [2.45, 2.75) is 5.60 Å². The average molecular weight is 349 g/mol. The summed E-state index contributed by atoms with van der Waals surface area (Å²) in [5, 5.41) is 13.9. The van der Waals surface area contributed by atoms with E-state index in [0.717, 1.165) is 0 Å². The maximum Gasteiger partial charge on any atom is 0.145 e. The normalized spacial score (nSPS) is 12.8. The Kier molecular flexibility index (Phi) is 5.41. The largest absolute Gasteiger partial charge is 0.494 e. The second-order valence-corrected chi connectivity index (χ2v) is 5.30. The fraction of sp³-hybridized carbons (Fsp3) is 0.188. The lowest BCUT2D eigenvalue weighted by atomic mass is 9.98. The molecule has 1 aromatic carbocycles. The lowest BCUT2D eigenvalue weighted by molar-refractivity contribution is 0.0947. The zero-order chi connectivity index (χ0) is 17.7. The van der Waals surface area contributed by atoms with Crippen LogP contribution in [0, 0.1) is 5.82 Å². The van der Waals surface area contributed by atoms with Gasteiger partial charge in [0.2, 0.25) is 0 Å². The van der Waals surface area contributed by atoms with Crippen molar-refractivity contribution >= 4 is 11.6 Å². The monoisotopic (exact) mass is 348 g/mol. The van der Waals surface area contributed by atoms with Gasteiger partial charge in [-0.15, -0.1) is 0 Å². The number of benzene rings is 1. The molecule has 1 atom stereocenters. The first-order valence-electron chi connectivity index (χ1n) is 6.83. The molecule has 8 heteroatoms. The molecule has 1 N–H and O–H groups in total. The van der Waals surface area contributed by atoms with E-state index < -0.39 is 11.4 Å². The molecular weight excluding hydrogens is 335 g/mol. The van der Waals surface area contributed by atoms with Crippen molar-refractivity contribution in [3.63, 3.8) is 0 Å². The summed E-state index contributed by atoms with van der Waals surface area (Å²) in [5.74, 6) is -0.141. The molecule has 2 aromatic rings. The molecule has 1 heterocycles. The van der Waals surface area contributed by atoms with Gasteiger partial charge < -0.3 is 9.84 Å². The number of ether oxygens (including phenoxy) is 1. The molecule has 0 bridgehead atoms. The van der Waals surface area contributed by atoms with E-state index in [9.17, 15) is 9.50 Å². The van der Waals surface area contributed by atoms with Gasteiger partial charge in [-0.3, -0.25) is 0 Å². The van der Waals surface area contributed by atoms with E-state index in [4.69, 9.17) is 21.9 Å². The second-order valence-electron chi connectivity index (χ2n) is 4.89.